The molecule has 0 saturated carbocycles. The van der Waals surface area contributed by atoms with Gasteiger partial charge in [-0.15, -0.1) is 0 Å². The van der Waals surface area contributed by atoms with Gasteiger partial charge in [0.1, 0.15) is 0 Å². The van der Waals surface area contributed by atoms with Crippen LogP contribution in [-0.2, 0) is 41.6 Å². The molecule has 21 heavy (non-hydrogen) atoms. The van der Waals surface area contributed by atoms with E-state index in [1.807, 2.05) is 0 Å². The van der Waals surface area contributed by atoms with Crippen molar-refractivity contribution < 1.29 is 70.1 Å². The maximum atomic E-state index is 8.74. The minimum Gasteiger partial charge on any atom is -0.759 e. The van der Waals surface area contributed by atoms with Crippen LogP contribution >= 0.6 is 0 Å². The molecule has 0 radical (unpaired) electrons. The van der Waals surface area contributed by atoms with E-state index in [2.05, 4.69) is 0 Å². The summed E-state index contributed by atoms with van der Waals surface area (Å²) in [7, 11) is -19.4. The Labute approximate surface area is 129 Å². The fourth-order valence-corrected chi connectivity index (χ4v) is 0. The summed E-state index contributed by atoms with van der Waals surface area (Å²) >= 11 is 0. The second-order valence-electron chi connectivity index (χ2n) is 1.73. The molecular formula is H5AlO16S4. The van der Waals surface area contributed by atoms with Crippen molar-refractivity contribution in [3.8, 4) is 0 Å². The summed E-state index contributed by atoms with van der Waals surface area (Å²) in [6.07, 6.45) is 0. The van der Waals surface area contributed by atoms with Crippen LogP contribution in [0, 0.1) is 0 Å². The van der Waals surface area contributed by atoms with E-state index in [-0.39, 0.29) is 17.4 Å². The van der Waals surface area contributed by atoms with Gasteiger partial charge < -0.3 is 13.7 Å². The van der Waals surface area contributed by atoms with E-state index in [4.69, 9.17) is 70.1 Å². The van der Waals surface area contributed by atoms with Gasteiger partial charge >= 0.3 is 38.2 Å². The average Bonchev–Trinajstić information content (AvgIpc) is 1.62. The molecule has 0 aromatic heterocycles. The third kappa shape index (κ3) is 41800000. The van der Waals surface area contributed by atoms with E-state index in [1.165, 1.54) is 0 Å². The van der Waals surface area contributed by atoms with Gasteiger partial charge in [0.25, 0.3) is 0 Å². The molecule has 0 spiro atoms. The molecule has 0 heterocycles. The topological polar surface area (TPSA) is 307 Å². The van der Waals surface area contributed by atoms with Crippen LogP contribution in [0.3, 0.4) is 0 Å². The summed E-state index contributed by atoms with van der Waals surface area (Å²) in [5.41, 5.74) is 0. The van der Waals surface area contributed by atoms with Gasteiger partial charge in [0.15, 0.2) is 0 Å². The third-order valence-corrected chi connectivity index (χ3v) is 0. The zero-order valence-electron chi connectivity index (χ0n) is 8.94. The summed E-state index contributed by atoms with van der Waals surface area (Å²) < 4.78 is 130. The SMILES string of the molecule is O=S(=O)(O)O.O=S(=O)(O)O.O=S(=O)([O-])O.O=S(=O)([O-])[O-].[Al+3]. The summed E-state index contributed by atoms with van der Waals surface area (Å²) in [5.74, 6) is 0. The predicted molar refractivity (Wildman–Crippen MR) is 56.9 cm³/mol. The summed E-state index contributed by atoms with van der Waals surface area (Å²) in [5, 5.41) is 0. The summed E-state index contributed by atoms with van der Waals surface area (Å²) in [6.45, 7) is 0. The van der Waals surface area contributed by atoms with Crippen LogP contribution in [0.15, 0.2) is 0 Å². The van der Waals surface area contributed by atoms with Gasteiger partial charge in [-0.25, -0.2) is 8.42 Å². The van der Waals surface area contributed by atoms with Crippen LogP contribution in [0.2, 0.25) is 0 Å². The fourth-order valence-electron chi connectivity index (χ4n) is 0. The average molecular weight is 416 g/mol. The van der Waals surface area contributed by atoms with Crippen molar-refractivity contribution >= 4 is 59.0 Å². The van der Waals surface area contributed by atoms with Gasteiger partial charge in [0.05, 0.1) is 0 Å². The quantitative estimate of drug-likeness (QED) is 0.142. The predicted octanol–water partition coefficient (Wildman–Crippen LogP) is -4.02. The first-order chi connectivity index (χ1) is 8.00. The zero-order valence-corrected chi connectivity index (χ0v) is 13.4. The Morgan fingerprint density at radius 2 is 0.524 bits per heavy atom. The van der Waals surface area contributed by atoms with E-state index < -0.39 is 41.6 Å². The van der Waals surface area contributed by atoms with Crippen molar-refractivity contribution in [2.75, 3.05) is 0 Å². The number of rotatable bonds is 0. The van der Waals surface area contributed by atoms with Crippen molar-refractivity contribution in [1.82, 2.24) is 0 Å². The monoisotopic (exact) mass is 416 g/mol. The van der Waals surface area contributed by atoms with Gasteiger partial charge in [-0.2, -0.15) is 16.8 Å². The van der Waals surface area contributed by atoms with E-state index in [0.717, 1.165) is 0 Å². The van der Waals surface area contributed by atoms with Crippen LogP contribution in [-0.4, -0.2) is 87.5 Å². The Morgan fingerprint density at radius 3 is 0.524 bits per heavy atom. The van der Waals surface area contributed by atoms with Gasteiger partial charge in [0.2, 0.25) is 10.4 Å². The Bertz CT molecular complexity index is 473. The molecule has 0 aromatic rings. The van der Waals surface area contributed by atoms with Crippen LogP contribution < -0.4 is 0 Å². The molecule has 0 fully saturated rings. The molecule has 0 rings (SSSR count). The summed E-state index contributed by atoms with van der Waals surface area (Å²) in [6, 6.07) is 0. The molecule has 0 saturated heterocycles. The van der Waals surface area contributed by atoms with Crippen LogP contribution in [0.4, 0.5) is 0 Å². The Morgan fingerprint density at radius 1 is 0.524 bits per heavy atom. The maximum absolute atomic E-state index is 8.74. The van der Waals surface area contributed by atoms with E-state index in [1.54, 1.807) is 0 Å². The zero-order chi connectivity index (χ0) is 18.0. The first-order valence-electron chi connectivity index (χ1n) is 2.75. The van der Waals surface area contributed by atoms with Gasteiger partial charge in [-0.3, -0.25) is 31.2 Å². The molecule has 0 atom stereocenters. The molecule has 0 aliphatic carbocycles. The van der Waals surface area contributed by atoms with Crippen LogP contribution in [0.5, 0.6) is 0 Å². The van der Waals surface area contributed by atoms with Crippen molar-refractivity contribution in [2.45, 2.75) is 0 Å². The largest absolute Gasteiger partial charge is 3.00 e. The molecular weight excluding hydrogens is 411 g/mol. The first-order valence-corrected chi connectivity index (χ1v) is 8.24. The molecule has 0 aromatic carbocycles. The van der Waals surface area contributed by atoms with Gasteiger partial charge in [-0.05, 0) is 0 Å². The molecule has 128 valence electrons. The minimum atomic E-state index is -5.17. The molecule has 5 N–H and O–H groups in total. The molecule has 0 amide bonds. The number of hydrogen-bond acceptors (Lipinski definition) is 11. The van der Waals surface area contributed by atoms with Crippen molar-refractivity contribution in [2.24, 2.45) is 0 Å². The third-order valence-electron chi connectivity index (χ3n) is 0. The number of hydrogen-bond donors (Lipinski definition) is 5. The fraction of sp³-hybridized carbons (Fsp3) is 0. The Balaban J connectivity index is -0.0000000533. The molecule has 0 bridgehead atoms. The van der Waals surface area contributed by atoms with Gasteiger partial charge in [-0.1, -0.05) is 0 Å². The van der Waals surface area contributed by atoms with E-state index in [0.29, 0.717) is 0 Å². The molecule has 0 unspecified atom stereocenters. The van der Waals surface area contributed by atoms with E-state index in [9.17, 15) is 0 Å². The Kier molecular flexibility index (Phi) is 19.6. The van der Waals surface area contributed by atoms with Crippen molar-refractivity contribution in [1.29, 1.82) is 0 Å². The first kappa shape index (κ1) is 32.8. The van der Waals surface area contributed by atoms with Crippen LogP contribution in [0.25, 0.3) is 0 Å². The summed E-state index contributed by atoms with van der Waals surface area (Å²) in [4.78, 5) is 0. The standard InChI is InChI=1S/Al.4H2O4S/c;4*1-5(2,3)4/h;4*(H2,1,2,3,4)/q+3;;;;/p-3. The van der Waals surface area contributed by atoms with Crippen molar-refractivity contribution in [3.05, 3.63) is 0 Å². The second kappa shape index (κ2) is 12.5. The van der Waals surface area contributed by atoms with Crippen LogP contribution in [0.1, 0.15) is 0 Å². The van der Waals surface area contributed by atoms with Gasteiger partial charge in [0, 0.05) is 10.4 Å². The molecule has 21 heteroatoms. The minimum absolute atomic E-state index is 0. The van der Waals surface area contributed by atoms with Crippen molar-refractivity contribution in [3.63, 3.8) is 0 Å². The van der Waals surface area contributed by atoms with E-state index >= 15 is 0 Å². The molecule has 16 nitrogen and oxygen atoms in total. The maximum Gasteiger partial charge on any atom is 3.00 e. The normalized spacial score (nSPS) is 11.0. The smallest absolute Gasteiger partial charge is 0.759 e. The molecule has 0 aliphatic heterocycles. The Hall–Kier alpha value is 0.0125. The second-order valence-corrected chi connectivity index (χ2v) is 5.19. The molecule has 0 aliphatic rings.